The molecule has 3 heterocycles. The molecule has 0 spiro atoms. The average Bonchev–Trinajstić information content (AvgIpc) is 1.59. The number of hydrogen-bond donors (Lipinski definition) is 0. The topological polar surface area (TPSA) is 13.0 Å². The summed E-state index contributed by atoms with van der Waals surface area (Å²) in [7, 11) is 0. The van der Waals surface area contributed by atoms with E-state index in [1.807, 2.05) is 58.0 Å². The minimum Gasteiger partial charge on any atom is -0.311 e. The van der Waals surface area contributed by atoms with E-state index in [1.54, 1.807) is 0 Å². The lowest BCUT2D eigenvalue weighted by Crippen LogP contribution is -2.09. The van der Waals surface area contributed by atoms with E-state index in [0.717, 1.165) is 125 Å². The smallest absolute Gasteiger partial charge is 0.0497 e. The molecule has 2 aromatic heterocycles. The molecule has 0 unspecified atom stereocenters. The van der Waals surface area contributed by atoms with Gasteiger partial charge in [-0.15, -0.1) is 58.0 Å². The monoisotopic (exact) mass is 1910 g/mol. The predicted octanol–water partition coefficient (Wildman–Crippen LogP) is 40.1. The van der Waals surface area contributed by atoms with E-state index in [9.17, 15) is 0 Å². The maximum absolute atomic E-state index is 2.40. The van der Waals surface area contributed by atoms with Crippen molar-refractivity contribution in [3.05, 3.63) is 528 Å². The third kappa shape index (κ3) is 19.4. The molecule has 0 amide bonds. The van der Waals surface area contributed by atoms with Gasteiger partial charge < -0.3 is 19.6 Å². The van der Waals surface area contributed by atoms with Gasteiger partial charge in [-0.05, 0) is 310 Å². The SMILES string of the molecule is CCSc1cc(-c2ccc(N(c3ccc(-c4ccccc4)cc3)c3ccc(-c4ccccc4)cc3)cc2)sc1-c1ccc(N(c2ccc(-c3ccccc3)cc2)c2ccc(-c3cccc(-c4cccc(-c5ccc(N(c6ccc(-c7ccccc7)cc6)c6ccc(-c7sc(-c8ccc(N(c9ccc(-c%10ccccc%10)cc9)c9ccc(-c%10ccccc%10)cc9)cc8)c8c7SCCCS8)cc6)cc5)c4)c3)cc2)cc1. The number of nitrogens with zero attached hydrogens (tertiary/aromatic N) is 4. The molecule has 1 aliphatic heterocycles. The summed E-state index contributed by atoms with van der Waals surface area (Å²) in [5.74, 6) is 3.14. The minimum atomic E-state index is 0.962. The Hall–Kier alpha value is -16.0. The molecule has 0 radical (unpaired) electrons. The van der Waals surface area contributed by atoms with Gasteiger partial charge in [0.2, 0.25) is 0 Å². The van der Waals surface area contributed by atoms with Crippen LogP contribution in [-0.4, -0.2) is 17.3 Å². The van der Waals surface area contributed by atoms with Crippen LogP contribution in [0.4, 0.5) is 68.2 Å². The van der Waals surface area contributed by atoms with Crippen LogP contribution in [0.25, 0.3) is 142 Å². The Labute approximate surface area is 853 Å². The van der Waals surface area contributed by atoms with Gasteiger partial charge in [0.05, 0.1) is 0 Å². The molecule has 680 valence electrons. The van der Waals surface area contributed by atoms with Crippen molar-refractivity contribution in [2.24, 2.45) is 0 Å². The number of thiophene rings is 2. The maximum Gasteiger partial charge on any atom is 0.0497 e. The fraction of sp³-hybridized carbons (Fsp3) is 0.0376. The van der Waals surface area contributed by atoms with Crippen LogP contribution in [0.1, 0.15) is 13.3 Å². The van der Waals surface area contributed by atoms with Crippen LogP contribution >= 0.6 is 58.0 Å². The van der Waals surface area contributed by atoms with Crippen molar-refractivity contribution in [1.82, 2.24) is 0 Å². The fourth-order valence-electron chi connectivity index (χ4n) is 19.2. The first kappa shape index (κ1) is 89.9. The lowest BCUT2D eigenvalue weighted by atomic mass is 9.96. The number of anilines is 12. The van der Waals surface area contributed by atoms with E-state index >= 15 is 0 Å². The Morgan fingerprint density at radius 1 is 0.176 bits per heavy atom. The van der Waals surface area contributed by atoms with Crippen molar-refractivity contribution < 1.29 is 0 Å². The van der Waals surface area contributed by atoms with Crippen LogP contribution in [0.3, 0.4) is 0 Å². The van der Waals surface area contributed by atoms with Gasteiger partial charge in [0, 0.05) is 102 Å². The van der Waals surface area contributed by atoms with Gasteiger partial charge in [0.25, 0.3) is 0 Å². The highest BCUT2D eigenvalue weighted by molar-refractivity contribution is 8.03. The van der Waals surface area contributed by atoms with E-state index in [1.165, 1.54) is 123 Å². The predicted molar refractivity (Wildman–Crippen MR) is 614 cm³/mol. The van der Waals surface area contributed by atoms with Gasteiger partial charge in [-0.3, -0.25) is 0 Å². The molecule has 0 aliphatic carbocycles. The Morgan fingerprint density at radius 3 is 0.585 bits per heavy atom. The van der Waals surface area contributed by atoms with Crippen LogP contribution in [0.2, 0.25) is 0 Å². The molecule has 0 atom stereocenters. The summed E-state index contributed by atoms with van der Waals surface area (Å²) in [6.07, 6.45) is 1.16. The summed E-state index contributed by atoms with van der Waals surface area (Å²) in [6, 6.07) is 193. The van der Waals surface area contributed by atoms with Crippen LogP contribution in [0, 0.1) is 0 Å². The van der Waals surface area contributed by atoms with Crippen molar-refractivity contribution >= 4 is 126 Å². The summed E-state index contributed by atoms with van der Waals surface area (Å²) < 4.78 is 0. The molecular formula is C133H98N4S5. The van der Waals surface area contributed by atoms with Crippen molar-refractivity contribution in [3.8, 4) is 142 Å². The lowest BCUT2D eigenvalue weighted by molar-refractivity contribution is 1.13. The Kier molecular flexibility index (Phi) is 26.4. The van der Waals surface area contributed by atoms with E-state index < -0.39 is 0 Å². The number of benzene rings is 20. The summed E-state index contributed by atoms with van der Waals surface area (Å²) in [6.45, 7) is 2.25. The highest BCUT2D eigenvalue weighted by Gasteiger charge is 2.27. The third-order valence-electron chi connectivity index (χ3n) is 26.5. The first-order valence-corrected chi connectivity index (χ1v) is 53.1. The molecule has 4 nitrogen and oxygen atoms in total. The molecule has 23 rings (SSSR count). The molecule has 9 heteroatoms. The van der Waals surface area contributed by atoms with E-state index in [2.05, 4.69) is 554 Å². The zero-order valence-electron chi connectivity index (χ0n) is 78.4. The molecule has 0 bridgehead atoms. The molecule has 0 saturated heterocycles. The zero-order valence-corrected chi connectivity index (χ0v) is 82.5. The third-order valence-corrected chi connectivity index (χ3v) is 32.9. The van der Waals surface area contributed by atoms with Crippen LogP contribution in [-0.2, 0) is 0 Å². The highest BCUT2D eigenvalue weighted by Crippen LogP contribution is 2.55. The summed E-state index contributed by atoms with van der Waals surface area (Å²) in [4.78, 5) is 18.8. The second-order valence-electron chi connectivity index (χ2n) is 35.5. The maximum atomic E-state index is 2.40. The fourth-order valence-corrected chi connectivity index (χ4v) is 25.8. The van der Waals surface area contributed by atoms with Crippen molar-refractivity contribution in [3.63, 3.8) is 0 Å². The van der Waals surface area contributed by atoms with E-state index in [4.69, 9.17) is 0 Å². The van der Waals surface area contributed by atoms with Gasteiger partial charge in [0.1, 0.15) is 0 Å². The van der Waals surface area contributed by atoms with Gasteiger partial charge in [-0.2, -0.15) is 0 Å². The first-order chi connectivity index (χ1) is 70.3. The van der Waals surface area contributed by atoms with E-state index in [-0.39, 0.29) is 0 Å². The lowest BCUT2D eigenvalue weighted by Gasteiger charge is -2.26. The van der Waals surface area contributed by atoms with Crippen molar-refractivity contribution in [2.45, 2.75) is 28.0 Å². The van der Waals surface area contributed by atoms with Gasteiger partial charge >= 0.3 is 0 Å². The minimum absolute atomic E-state index is 0.962. The summed E-state index contributed by atoms with van der Waals surface area (Å²) in [5, 5.41) is 0. The summed E-state index contributed by atoms with van der Waals surface area (Å²) in [5.41, 5.74) is 39.1. The highest BCUT2D eigenvalue weighted by atomic mass is 32.2. The first-order valence-electron chi connectivity index (χ1n) is 48.5. The Balaban J connectivity index is 0.507. The van der Waals surface area contributed by atoms with Gasteiger partial charge in [-0.1, -0.05) is 371 Å². The van der Waals surface area contributed by atoms with Crippen molar-refractivity contribution in [2.75, 3.05) is 36.9 Å². The van der Waals surface area contributed by atoms with E-state index in [0.29, 0.717) is 0 Å². The summed E-state index contributed by atoms with van der Waals surface area (Å²) >= 11 is 9.74. The standard InChI is InChI=1S/C133H98N4S5/c1-2-138-128-92-127(107-56-80-123(81-57-107)134(115-64-40-99(41-65-115)93-24-9-3-10-25-93)116-66-42-100(43-67-116)94-26-11-4-12-27-94)141-129(128)108-58-82-124(83-59-108)136(119-72-48-103(49-73-119)97-32-17-7-18-33-97)121-76-52-105(53-77-121)111-36-21-38-113(90-111)114-39-22-37-112(91-114)106-54-78-122(79-55-106)137(120-74-50-104(51-75-120)98-34-19-8-20-35-98)126-86-62-110(63-87-126)131-133-132(139-88-23-89-140-133)130(142-131)109-60-84-125(85-61-109)135(117-68-44-101(45-69-117)95-28-13-5-14-29-95)118-70-46-102(47-71-118)96-30-15-6-16-31-96/h3-22,24-87,90-92H,2,23,88-89H2,1H3. The molecular weight excluding hydrogens is 1810 g/mol. The van der Waals surface area contributed by atoms with Crippen molar-refractivity contribution in [1.29, 1.82) is 0 Å². The number of thioether (sulfide) groups is 3. The van der Waals surface area contributed by atoms with Gasteiger partial charge in [-0.25, -0.2) is 0 Å². The normalized spacial score (nSPS) is 11.8. The molecule has 1 aliphatic rings. The second kappa shape index (κ2) is 41.6. The average molecular weight is 1910 g/mol. The molecule has 0 N–H and O–H groups in total. The molecule has 0 fully saturated rings. The zero-order chi connectivity index (χ0) is 94.9. The number of fused-ring (bicyclic) bond motifs is 1. The molecule has 22 aromatic rings. The molecule has 20 aromatic carbocycles. The quantitative estimate of drug-likeness (QED) is 0.0470. The van der Waals surface area contributed by atoms with Crippen LogP contribution < -0.4 is 19.6 Å². The largest absolute Gasteiger partial charge is 0.311 e. The second-order valence-corrected chi connectivity index (χ2v) is 41.1. The van der Waals surface area contributed by atoms with Crippen LogP contribution in [0.15, 0.2) is 542 Å². The molecule has 0 saturated carbocycles. The van der Waals surface area contributed by atoms with Crippen LogP contribution in [0.5, 0.6) is 0 Å². The number of rotatable bonds is 27. The Bertz CT molecular complexity index is 7870. The Morgan fingerprint density at radius 2 is 0.359 bits per heavy atom. The van der Waals surface area contributed by atoms with Gasteiger partial charge in [0.15, 0.2) is 0 Å². The number of hydrogen-bond acceptors (Lipinski definition) is 9. The molecule has 142 heavy (non-hydrogen) atoms.